The first-order valence-electron chi connectivity index (χ1n) is 16.1. The molecular weight excluding hydrogens is 566 g/mol. The van der Waals surface area contributed by atoms with Crippen LogP contribution in [0.4, 0.5) is 4.79 Å². The van der Waals surface area contributed by atoms with Gasteiger partial charge in [-0.15, -0.1) is 0 Å². The number of aliphatic hydroxyl groups is 1. The number of carbonyl (C=O) groups excluding carboxylic acids is 2. The van der Waals surface area contributed by atoms with Crippen LogP contribution >= 0.6 is 0 Å². The topological polar surface area (TPSA) is 126 Å². The van der Waals surface area contributed by atoms with Crippen LogP contribution in [0.2, 0.25) is 0 Å². The molecule has 1 aromatic carbocycles. The molecule has 0 aliphatic carbocycles. The van der Waals surface area contributed by atoms with Gasteiger partial charge < -0.3 is 39.3 Å². The monoisotopic (exact) mass is 617 g/mol. The Labute approximate surface area is 261 Å². The number of ether oxygens (including phenoxy) is 2. The van der Waals surface area contributed by atoms with E-state index in [1.54, 1.807) is 22.9 Å². The summed E-state index contributed by atoms with van der Waals surface area (Å²) in [6.45, 7) is 6.45. The SMILES string of the molecule is CCCCN(CCCCN(C)C)C(=O)CN1C[C@H](c2cc(CO)c3c(c2)OCO3)[C@@H](C(=O)O)[C@@H]1CCN1CCCN(C)C1=O. The summed E-state index contributed by atoms with van der Waals surface area (Å²) >= 11 is 0. The van der Waals surface area contributed by atoms with E-state index in [1.165, 1.54) is 0 Å². The molecule has 2 N–H and O–H groups in total. The molecule has 12 heteroatoms. The Balaban J connectivity index is 1.59. The molecule has 3 amide bonds. The largest absolute Gasteiger partial charge is 0.481 e. The Morgan fingerprint density at radius 1 is 1.07 bits per heavy atom. The second-order valence-corrected chi connectivity index (χ2v) is 12.6. The van der Waals surface area contributed by atoms with Crippen LogP contribution in [0.25, 0.3) is 0 Å². The lowest BCUT2D eigenvalue weighted by Crippen LogP contribution is -2.50. The van der Waals surface area contributed by atoms with E-state index in [9.17, 15) is 24.6 Å². The number of carbonyl (C=O) groups is 3. The van der Waals surface area contributed by atoms with Crippen molar-refractivity contribution in [3.63, 3.8) is 0 Å². The van der Waals surface area contributed by atoms with Crippen molar-refractivity contribution >= 4 is 17.9 Å². The van der Waals surface area contributed by atoms with Crippen LogP contribution in [-0.4, -0.2) is 139 Å². The molecule has 0 radical (unpaired) electrons. The van der Waals surface area contributed by atoms with E-state index in [-0.39, 0.29) is 31.9 Å². The van der Waals surface area contributed by atoms with Crippen LogP contribution in [0.1, 0.15) is 62.5 Å². The van der Waals surface area contributed by atoms with Crippen LogP contribution in [0, 0.1) is 5.92 Å². The maximum Gasteiger partial charge on any atom is 0.319 e. The fourth-order valence-electron chi connectivity index (χ4n) is 6.77. The summed E-state index contributed by atoms with van der Waals surface area (Å²) in [7, 11) is 5.87. The van der Waals surface area contributed by atoms with Crippen molar-refractivity contribution in [2.24, 2.45) is 5.92 Å². The molecule has 0 bridgehead atoms. The third-order valence-electron chi connectivity index (χ3n) is 9.17. The van der Waals surface area contributed by atoms with Gasteiger partial charge in [0.1, 0.15) is 0 Å². The first kappa shape index (κ1) is 33.8. The number of rotatable bonds is 16. The second-order valence-electron chi connectivity index (χ2n) is 12.6. The second kappa shape index (κ2) is 15.8. The van der Waals surface area contributed by atoms with E-state index >= 15 is 0 Å². The van der Waals surface area contributed by atoms with Crippen molar-refractivity contribution in [2.75, 3.05) is 80.3 Å². The van der Waals surface area contributed by atoms with Crippen molar-refractivity contribution in [1.82, 2.24) is 24.5 Å². The molecule has 3 aliphatic rings. The van der Waals surface area contributed by atoms with Crippen LogP contribution in [0.15, 0.2) is 12.1 Å². The number of fused-ring (bicyclic) bond motifs is 1. The highest BCUT2D eigenvalue weighted by atomic mass is 16.7. The van der Waals surface area contributed by atoms with Crippen molar-refractivity contribution in [3.05, 3.63) is 23.3 Å². The maximum absolute atomic E-state index is 13.8. The van der Waals surface area contributed by atoms with E-state index in [0.717, 1.165) is 44.2 Å². The molecule has 0 aromatic heterocycles. The Hall–Kier alpha value is -3.09. The number of aliphatic hydroxyl groups excluding tert-OH is 1. The number of amides is 3. The zero-order valence-corrected chi connectivity index (χ0v) is 26.9. The van der Waals surface area contributed by atoms with E-state index in [0.29, 0.717) is 62.8 Å². The molecule has 44 heavy (non-hydrogen) atoms. The number of hydrogen-bond acceptors (Lipinski definition) is 8. The number of likely N-dealkylation sites (tertiary alicyclic amines) is 1. The zero-order chi connectivity index (χ0) is 31.8. The standard InChI is InChI=1S/C32H51N5O7/c1-5-6-13-35(14-8-7-11-33(2)3)28(39)20-37-19-25(23-17-24(21-38)30-27(18-23)43-22-44-30)29(31(40)41)26(37)10-16-36-15-9-12-34(4)32(36)42/h17-18,25-26,29,38H,5-16,19-22H2,1-4H3,(H,40,41)/t25-,26+,29-/m1/s1. The van der Waals surface area contributed by atoms with Gasteiger partial charge in [-0.1, -0.05) is 13.3 Å². The summed E-state index contributed by atoms with van der Waals surface area (Å²) in [6.07, 6.45) is 5.09. The summed E-state index contributed by atoms with van der Waals surface area (Å²) in [5, 5.41) is 20.6. The minimum Gasteiger partial charge on any atom is -0.481 e. The number of hydrogen-bond donors (Lipinski definition) is 2. The zero-order valence-electron chi connectivity index (χ0n) is 26.9. The van der Waals surface area contributed by atoms with Crippen LogP contribution in [0.3, 0.4) is 0 Å². The van der Waals surface area contributed by atoms with E-state index in [2.05, 4.69) is 11.8 Å². The molecule has 1 aromatic rings. The molecule has 0 unspecified atom stereocenters. The molecule has 3 aliphatic heterocycles. The van der Waals surface area contributed by atoms with Gasteiger partial charge in [0.15, 0.2) is 11.5 Å². The lowest BCUT2D eigenvalue weighted by atomic mass is 9.83. The van der Waals surface area contributed by atoms with Gasteiger partial charge in [0, 0.05) is 63.8 Å². The average Bonchev–Trinajstić information content (AvgIpc) is 3.61. The number of benzene rings is 1. The normalized spacial score (nSPS) is 21.9. The Morgan fingerprint density at radius 3 is 2.52 bits per heavy atom. The summed E-state index contributed by atoms with van der Waals surface area (Å²) in [5.74, 6) is -1.20. The lowest BCUT2D eigenvalue weighted by Gasteiger charge is -2.35. The van der Waals surface area contributed by atoms with E-state index < -0.39 is 23.8 Å². The van der Waals surface area contributed by atoms with Gasteiger partial charge in [-0.05, 0) is 70.4 Å². The van der Waals surface area contributed by atoms with Crippen molar-refractivity contribution < 1.29 is 34.1 Å². The number of carboxylic acid groups (broad SMARTS) is 1. The fourth-order valence-corrected chi connectivity index (χ4v) is 6.77. The lowest BCUT2D eigenvalue weighted by molar-refractivity contribution is -0.144. The highest BCUT2D eigenvalue weighted by Gasteiger charge is 2.48. The average molecular weight is 618 g/mol. The molecule has 3 atom stereocenters. The third-order valence-corrected chi connectivity index (χ3v) is 9.17. The minimum atomic E-state index is -0.938. The molecule has 2 fully saturated rings. The highest BCUT2D eigenvalue weighted by Crippen LogP contribution is 2.44. The first-order valence-corrected chi connectivity index (χ1v) is 16.1. The smallest absolute Gasteiger partial charge is 0.319 e. The van der Waals surface area contributed by atoms with Crippen LogP contribution in [0.5, 0.6) is 11.5 Å². The summed E-state index contributed by atoms with van der Waals surface area (Å²) < 4.78 is 11.2. The number of carboxylic acids is 1. The van der Waals surface area contributed by atoms with E-state index in [4.69, 9.17) is 9.47 Å². The van der Waals surface area contributed by atoms with Gasteiger partial charge >= 0.3 is 12.0 Å². The van der Waals surface area contributed by atoms with Crippen LogP contribution in [-0.2, 0) is 16.2 Å². The first-order chi connectivity index (χ1) is 21.1. The van der Waals surface area contributed by atoms with Gasteiger partial charge in [-0.25, -0.2) is 4.79 Å². The van der Waals surface area contributed by atoms with Crippen molar-refractivity contribution in [1.29, 1.82) is 0 Å². The molecule has 12 nitrogen and oxygen atoms in total. The molecule has 4 rings (SSSR count). The molecule has 3 heterocycles. The quantitative estimate of drug-likeness (QED) is 0.269. The molecular formula is C32H51N5O7. The Morgan fingerprint density at radius 2 is 1.82 bits per heavy atom. The van der Waals surface area contributed by atoms with Gasteiger partial charge in [0.25, 0.3) is 0 Å². The Kier molecular flexibility index (Phi) is 12.1. The minimum absolute atomic E-state index is 0.00797. The predicted octanol–water partition coefficient (Wildman–Crippen LogP) is 2.49. The number of nitrogens with zero attached hydrogens (tertiary/aromatic N) is 5. The molecule has 246 valence electrons. The molecule has 0 spiro atoms. The van der Waals surface area contributed by atoms with Crippen molar-refractivity contribution in [3.8, 4) is 11.5 Å². The maximum atomic E-state index is 13.8. The molecule has 0 saturated carbocycles. The van der Waals surface area contributed by atoms with Gasteiger partial charge in [-0.3, -0.25) is 14.5 Å². The highest BCUT2D eigenvalue weighted by molar-refractivity contribution is 5.79. The van der Waals surface area contributed by atoms with Gasteiger partial charge in [0.05, 0.1) is 19.1 Å². The number of unbranched alkanes of at least 4 members (excludes halogenated alkanes) is 2. The molecule has 2 saturated heterocycles. The summed E-state index contributed by atoms with van der Waals surface area (Å²) in [6, 6.07) is 3.11. The van der Waals surface area contributed by atoms with Gasteiger partial charge in [-0.2, -0.15) is 0 Å². The third kappa shape index (κ3) is 8.13. The van der Waals surface area contributed by atoms with Crippen LogP contribution < -0.4 is 9.47 Å². The fraction of sp³-hybridized carbons (Fsp3) is 0.719. The number of urea groups is 1. The summed E-state index contributed by atoms with van der Waals surface area (Å²) in [4.78, 5) is 49.2. The van der Waals surface area contributed by atoms with E-state index in [1.807, 2.05) is 30.0 Å². The van der Waals surface area contributed by atoms with Crippen molar-refractivity contribution in [2.45, 2.75) is 64.0 Å². The summed E-state index contributed by atoms with van der Waals surface area (Å²) in [5.41, 5.74) is 1.29. The predicted molar refractivity (Wildman–Crippen MR) is 166 cm³/mol. The Bertz CT molecular complexity index is 1150. The van der Waals surface area contributed by atoms with Gasteiger partial charge in [0.2, 0.25) is 12.7 Å². The number of aliphatic carboxylic acids is 1.